The maximum Gasteiger partial charge on any atom is 0.277 e. The summed E-state index contributed by atoms with van der Waals surface area (Å²) in [5.41, 5.74) is 3.11. The molecule has 0 aromatic heterocycles. The zero-order chi connectivity index (χ0) is 23.5. The van der Waals surface area contributed by atoms with Gasteiger partial charge in [-0.05, 0) is 65.1 Å². The van der Waals surface area contributed by atoms with Crippen LogP contribution in [-0.4, -0.2) is 20.1 Å². The number of hydrogen-bond donors (Lipinski definition) is 2. The van der Waals surface area contributed by atoms with Gasteiger partial charge in [-0.3, -0.25) is 20.2 Å². The number of phenolic OH excluding ortho intramolecular Hbond substituents is 2. The number of rotatable bonds is 6. The van der Waals surface area contributed by atoms with Gasteiger partial charge in [0.1, 0.15) is 11.5 Å². The van der Waals surface area contributed by atoms with Crippen LogP contribution >= 0.6 is 0 Å². The Morgan fingerprint density at radius 1 is 0.576 bits per heavy atom. The van der Waals surface area contributed by atoms with Crippen LogP contribution in [0.5, 0.6) is 11.5 Å². The number of nitro benzene ring substituents is 2. The zero-order valence-corrected chi connectivity index (χ0v) is 17.2. The molecule has 4 rings (SSSR count). The lowest BCUT2D eigenvalue weighted by Crippen LogP contribution is -1.97. The van der Waals surface area contributed by atoms with Crippen molar-refractivity contribution < 1.29 is 20.1 Å². The molecule has 0 saturated heterocycles. The van der Waals surface area contributed by atoms with Crippen molar-refractivity contribution in [1.82, 2.24) is 0 Å². The molecule has 0 amide bonds. The highest BCUT2D eigenvalue weighted by Gasteiger charge is 2.19. The number of phenols is 2. The molecule has 4 aromatic rings. The quantitative estimate of drug-likeness (QED) is 0.285. The Morgan fingerprint density at radius 3 is 1.27 bits per heavy atom. The Balaban J connectivity index is 1.68. The molecule has 0 heterocycles. The van der Waals surface area contributed by atoms with Crippen LogP contribution in [0.25, 0.3) is 22.3 Å². The van der Waals surface area contributed by atoms with E-state index < -0.39 is 9.85 Å². The summed E-state index contributed by atoms with van der Waals surface area (Å²) >= 11 is 0. The van der Waals surface area contributed by atoms with Gasteiger partial charge in [0.15, 0.2) is 0 Å². The van der Waals surface area contributed by atoms with Crippen molar-refractivity contribution in [2.24, 2.45) is 0 Å². The second-order valence-electron chi connectivity index (χ2n) is 7.49. The van der Waals surface area contributed by atoms with Gasteiger partial charge in [-0.2, -0.15) is 0 Å². The van der Waals surface area contributed by atoms with E-state index in [4.69, 9.17) is 0 Å². The molecule has 0 spiro atoms. The van der Waals surface area contributed by atoms with Gasteiger partial charge in [-0.15, -0.1) is 0 Å². The number of nitrogens with zero attached hydrogens (tertiary/aromatic N) is 2. The van der Waals surface area contributed by atoms with Crippen molar-refractivity contribution in [2.75, 3.05) is 0 Å². The summed E-state index contributed by atoms with van der Waals surface area (Å²) in [5, 5.41) is 42.3. The van der Waals surface area contributed by atoms with E-state index in [1.165, 1.54) is 36.4 Å². The fourth-order valence-corrected chi connectivity index (χ4v) is 3.68. The van der Waals surface area contributed by atoms with Gasteiger partial charge in [0.2, 0.25) is 0 Å². The molecule has 0 bridgehead atoms. The standard InChI is InChI=1S/C25H18N2O6/c28-20-7-3-18(4-8-20)22-11-1-16(14-24(22)26(30)31)13-17-2-12-23(25(15-17)27(32)33)19-5-9-21(29)10-6-19/h1-12,14-15,28-29H,13H2. The molecule has 2 N–H and O–H groups in total. The van der Waals surface area contributed by atoms with Crippen LogP contribution < -0.4 is 0 Å². The molecule has 164 valence electrons. The smallest absolute Gasteiger partial charge is 0.277 e. The average Bonchev–Trinajstić information content (AvgIpc) is 2.80. The van der Waals surface area contributed by atoms with Crippen molar-refractivity contribution >= 4 is 11.4 Å². The molecule has 0 aliphatic rings. The molecular formula is C25H18N2O6. The van der Waals surface area contributed by atoms with Crippen LogP contribution in [0.15, 0.2) is 84.9 Å². The van der Waals surface area contributed by atoms with E-state index in [0.29, 0.717) is 33.4 Å². The SMILES string of the molecule is O=[N+]([O-])c1cc(Cc2ccc(-c3ccc(O)cc3)c([N+](=O)[O-])c2)ccc1-c1ccc(O)cc1. The third-order valence-electron chi connectivity index (χ3n) is 5.28. The predicted molar refractivity (Wildman–Crippen MR) is 123 cm³/mol. The van der Waals surface area contributed by atoms with E-state index in [1.54, 1.807) is 48.5 Å². The summed E-state index contributed by atoms with van der Waals surface area (Å²) in [6.07, 6.45) is 0.271. The summed E-state index contributed by atoms with van der Waals surface area (Å²) in [5.74, 6) is 0.130. The highest BCUT2D eigenvalue weighted by Crippen LogP contribution is 2.34. The molecule has 0 aliphatic heterocycles. The van der Waals surface area contributed by atoms with Crippen molar-refractivity contribution in [3.05, 3.63) is 116 Å². The number of benzene rings is 4. The highest BCUT2D eigenvalue weighted by atomic mass is 16.6. The highest BCUT2D eigenvalue weighted by molar-refractivity contribution is 5.76. The average molecular weight is 442 g/mol. The Labute approximate surface area is 188 Å². The lowest BCUT2D eigenvalue weighted by Gasteiger charge is -2.09. The Bertz CT molecular complexity index is 1240. The van der Waals surface area contributed by atoms with Crippen molar-refractivity contribution in [2.45, 2.75) is 6.42 Å². The van der Waals surface area contributed by atoms with Crippen molar-refractivity contribution in [3.8, 4) is 33.8 Å². The van der Waals surface area contributed by atoms with Crippen LogP contribution in [0.4, 0.5) is 11.4 Å². The molecule has 0 fully saturated rings. The van der Waals surface area contributed by atoms with Gasteiger partial charge in [0.05, 0.1) is 21.0 Å². The normalized spacial score (nSPS) is 10.7. The Hall–Kier alpha value is -4.72. The summed E-state index contributed by atoms with van der Waals surface area (Å²) in [6.45, 7) is 0. The van der Waals surface area contributed by atoms with Gasteiger partial charge >= 0.3 is 0 Å². The van der Waals surface area contributed by atoms with E-state index >= 15 is 0 Å². The second kappa shape index (κ2) is 8.80. The third kappa shape index (κ3) is 4.64. The fourth-order valence-electron chi connectivity index (χ4n) is 3.68. The zero-order valence-electron chi connectivity index (χ0n) is 17.2. The summed E-state index contributed by atoms with van der Waals surface area (Å²) in [4.78, 5) is 22.4. The van der Waals surface area contributed by atoms with Crippen LogP contribution in [-0.2, 0) is 6.42 Å². The Kier molecular flexibility index (Phi) is 5.73. The molecule has 0 unspecified atom stereocenters. The minimum absolute atomic E-state index is 0.0652. The molecule has 0 atom stereocenters. The van der Waals surface area contributed by atoms with Gasteiger partial charge in [0.25, 0.3) is 11.4 Å². The van der Waals surface area contributed by atoms with E-state index in [-0.39, 0.29) is 29.3 Å². The molecule has 0 saturated carbocycles. The predicted octanol–water partition coefficient (Wildman–Crippen LogP) is 5.84. The molecule has 8 heteroatoms. The molecule has 8 nitrogen and oxygen atoms in total. The lowest BCUT2D eigenvalue weighted by molar-refractivity contribution is -0.384. The van der Waals surface area contributed by atoms with Crippen LogP contribution in [0, 0.1) is 20.2 Å². The molecule has 0 aliphatic carbocycles. The van der Waals surface area contributed by atoms with Gasteiger partial charge in [-0.1, -0.05) is 36.4 Å². The fraction of sp³-hybridized carbons (Fsp3) is 0.0400. The largest absolute Gasteiger partial charge is 0.508 e. The first-order valence-electron chi connectivity index (χ1n) is 9.95. The Morgan fingerprint density at radius 2 is 0.939 bits per heavy atom. The first kappa shape index (κ1) is 21.5. The maximum absolute atomic E-state index is 11.7. The monoisotopic (exact) mass is 442 g/mol. The summed E-state index contributed by atoms with van der Waals surface area (Å²) in [7, 11) is 0. The molecule has 4 aromatic carbocycles. The topological polar surface area (TPSA) is 127 Å². The van der Waals surface area contributed by atoms with Crippen LogP contribution in [0.2, 0.25) is 0 Å². The third-order valence-corrected chi connectivity index (χ3v) is 5.28. The number of nitro groups is 2. The van der Waals surface area contributed by atoms with Crippen molar-refractivity contribution in [3.63, 3.8) is 0 Å². The minimum atomic E-state index is -0.470. The molecule has 33 heavy (non-hydrogen) atoms. The summed E-state index contributed by atoms with van der Waals surface area (Å²) in [6, 6.07) is 21.9. The van der Waals surface area contributed by atoms with E-state index in [0.717, 1.165) is 0 Å². The van der Waals surface area contributed by atoms with Gasteiger partial charge < -0.3 is 10.2 Å². The van der Waals surface area contributed by atoms with E-state index in [2.05, 4.69) is 0 Å². The number of aromatic hydroxyl groups is 2. The first-order valence-corrected chi connectivity index (χ1v) is 9.95. The molecule has 0 radical (unpaired) electrons. The van der Waals surface area contributed by atoms with Gasteiger partial charge in [-0.25, -0.2) is 0 Å². The van der Waals surface area contributed by atoms with Crippen LogP contribution in [0.1, 0.15) is 11.1 Å². The minimum Gasteiger partial charge on any atom is -0.508 e. The maximum atomic E-state index is 11.7. The van der Waals surface area contributed by atoms with E-state index in [1.807, 2.05) is 0 Å². The first-order chi connectivity index (χ1) is 15.8. The van der Waals surface area contributed by atoms with Crippen LogP contribution in [0.3, 0.4) is 0 Å². The van der Waals surface area contributed by atoms with Crippen molar-refractivity contribution in [1.29, 1.82) is 0 Å². The number of hydrogen-bond acceptors (Lipinski definition) is 6. The van der Waals surface area contributed by atoms with E-state index in [9.17, 15) is 30.4 Å². The second-order valence-corrected chi connectivity index (χ2v) is 7.49. The van der Waals surface area contributed by atoms with Gasteiger partial charge in [0, 0.05) is 12.1 Å². The lowest BCUT2D eigenvalue weighted by atomic mass is 9.96. The molecular weight excluding hydrogens is 424 g/mol. The summed E-state index contributed by atoms with van der Waals surface area (Å²) < 4.78 is 0.